The summed E-state index contributed by atoms with van der Waals surface area (Å²) in [4.78, 5) is 25.7. The first-order valence-corrected chi connectivity index (χ1v) is 11.2. The minimum Gasteiger partial charge on any atom is -0.497 e. The third-order valence-electron chi connectivity index (χ3n) is 5.95. The van der Waals surface area contributed by atoms with Crippen molar-refractivity contribution in [2.75, 3.05) is 14.2 Å². The van der Waals surface area contributed by atoms with Gasteiger partial charge in [-0.05, 0) is 60.4 Å². The standard InChI is InChI=1S/C29H28O6/c1-17-23(35-28(31)18-7-10-20(11-8-18)29(2,3)4)14-13-22-26(30)25(34-27(17)22)15-19-9-12-21(32-5)16-24(19)33-6/h7-16H,1-6H3/b25-15-. The lowest BCUT2D eigenvalue weighted by molar-refractivity contribution is 0.0733. The average Bonchev–Trinajstić information content (AvgIpc) is 3.16. The number of rotatable bonds is 5. The Labute approximate surface area is 205 Å². The Bertz CT molecular complexity index is 1330. The van der Waals surface area contributed by atoms with Crippen molar-refractivity contribution in [3.05, 3.63) is 88.2 Å². The number of ether oxygens (including phenoxy) is 4. The predicted octanol–water partition coefficient (Wildman–Crippen LogP) is 6.15. The molecule has 0 saturated heterocycles. The zero-order valence-electron chi connectivity index (χ0n) is 20.7. The van der Waals surface area contributed by atoms with Crippen molar-refractivity contribution < 1.29 is 28.5 Å². The molecule has 35 heavy (non-hydrogen) atoms. The molecule has 0 aliphatic carbocycles. The fraction of sp³-hybridized carbons (Fsp3) is 0.241. The maximum absolute atomic E-state index is 13.0. The summed E-state index contributed by atoms with van der Waals surface area (Å²) in [6.45, 7) is 8.10. The van der Waals surface area contributed by atoms with Gasteiger partial charge in [0, 0.05) is 17.2 Å². The van der Waals surface area contributed by atoms with Crippen LogP contribution >= 0.6 is 0 Å². The summed E-state index contributed by atoms with van der Waals surface area (Å²) >= 11 is 0. The van der Waals surface area contributed by atoms with Gasteiger partial charge in [0.05, 0.1) is 25.3 Å². The van der Waals surface area contributed by atoms with Gasteiger partial charge in [0.2, 0.25) is 5.78 Å². The van der Waals surface area contributed by atoms with Gasteiger partial charge in [-0.2, -0.15) is 0 Å². The molecule has 0 unspecified atom stereocenters. The molecule has 1 aliphatic heterocycles. The van der Waals surface area contributed by atoms with Gasteiger partial charge in [-0.1, -0.05) is 32.9 Å². The molecule has 0 amide bonds. The molecule has 0 radical (unpaired) electrons. The smallest absolute Gasteiger partial charge is 0.343 e. The Morgan fingerprint density at radius 2 is 1.63 bits per heavy atom. The van der Waals surface area contributed by atoms with Crippen LogP contribution in [0.3, 0.4) is 0 Å². The van der Waals surface area contributed by atoms with Gasteiger partial charge < -0.3 is 18.9 Å². The molecule has 3 aromatic rings. The largest absolute Gasteiger partial charge is 0.497 e. The summed E-state index contributed by atoms with van der Waals surface area (Å²) in [6.07, 6.45) is 1.63. The molecule has 0 fully saturated rings. The molecule has 1 heterocycles. The number of methoxy groups -OCH3 is 2. The summed E-state index contributed by atoms with van der Waals surface area (Å²) in [5.74, 6) is 1.34. The zero-order valence-corrected chi connectivity index (χ0v) is 20.7. The van der Waals surface area contributed by atoms with Crippen LogP contribution in [-0.2, 0) is 5.41 Å². The van der Waals surface area contributed by atoms with E-state index < -0.39 is 5.97 Å². The first kappa shape index (κ1) is 24.1. The second kappa shape index (κ2) is 9.29. The van der Waals surface area contributed by atoms with Crippen LogP contribution in [0.1, 0.15) is 58.2 Å². The fourth-order valence-corrected chi connectivity index (χ4v) is 3.82. The third-order valence-corrected chi connectivity index (χ3v) is 5.95. The fourth-order valence-electron chi connectivity index (χ4n) is 3.82. The zero-order chi connectivity index (χ0) is 25.3. The Balaban J connectivity index is 1.58. The van der Waals surface area contributed by atoms with Crippen molar-refractivity contribution in [2.24, 2.45) is 0 Å². The highest BCUT2D eigenvalue weighted by molar-refractivity contribution is 6.15. The number of hydrogen-bond acceptors (Lipinski definition) is 6. The maximum Gasteiger partial charge on any atom is 0.343 e. The van der Waals surface area contributed by atoms with Crippen LogP contribution in [0.5, 0.6) is 23.0 Å². The Morgan fingerprint density at radius 3 is 2.26 bits per heavy atom. The minimum atomic E-state index is -0.475. The maximum atomic E-state index is 13.0. The lowest BCUT2D eigenvalue weighted by Gasteiger charge is -2.19. The highest BCUT2D eigenvalue weighted by Crippen LogP contribution is 2.40. The van der Waals surface area contributed by atoms with Gasteiger partial charge in [0.25, 0.3) is 0 Å². The second-order valence-corrected chi connectivity index (χ2v) is 9.33. The van der Waals surface area contributed by atoms with Crippen molar-refractivity contribution in [3.63, 3.8) is 0 Å². The average molecular weight is 473 g/mol. The van der Waals surface area contributed by atoms with Crippen LogP contribution < -0.4 is 18.9 Å². The number of hydrogen-bond donors (Lipinski definition) is 0. The van der Waals surface area contributed by atoms with Crippen molar-refractivity contribution in [3.8, 4) is 23.0 Å². The molecule has 6 nitrogen and oxygen atoms in total. The van der Waals surface area contributed by atoms with Gasteiger partial charge >= 0.3 is 5.97 Å². The third kappa shape index (κ3) is 4.78. The molecule has 6 heteroatoms. The van der Waals surface area contributed by atoms with E-state index in [1.165, 1.54) is 0 Å². The van der Waals surface area contributed by atoms with Crippen molar-refractivity contribution >= 4 is 17.8 Å². The number of allylic oxidation sites excluding steroid dienone is 1. The van der Waals surface area contributed by atoms with E-state index in [9.17, 15) is 9.59 Å². The molecule has 4 rings (SSSR count). The van der Waals surface area contributed by atoms with Gasteiger partial charge in [-0.25, -0.2) is 4.79 Å². The van der Waals surface area contributed by atoms with Crippen molar-refractivity contribution in [1.82, 2.24) is 0 Å². The molecule has 0 saturated carbocycles. The van der Waals surface area contributed by atoms with Crippen molar-refractivity contribution in [2.45, 2.75) is 33.1 Å². The second-order valence-electron chi connectivity index (χ2n) is 9.33. The number of fused-ring (bicyclic) bond motifs is 1. The van der Waals surface area contributed by atoms with E-state index in [4.69, 9.17) is 18.9 Å². The molecule has 180 valence electrons. The highest BCUT2D eigenvalue weighted by Gasteiger charge is 2.31. The lowest BCUT2D eigenvalue weighted by Crippen LogP contribution is -2.13. The Kier molecular flexibility index (Phi) is 6.39. The molecule has 1 aliphatic rings. The first-order chi connectivity index (χ1) is 16.6. The van der Waals surface area contributed by atoms with E-state index in [0.717, 1.165) is 5.56 Å². The Morgan fingerprint density at radius 1 is 0.914 bits per heavy atom. The summed E-state index contributed by atoms with van der Waals surface area (Å²) in [5.41, 5.74) is 3.22. The van der Waals surface area contributed by atoms with E-state index in [1.54, 1.807) is 69.7 Å². The van der Waals surface area contributed by atoms with Gasteiger partial charge in [-0.15, -0.1) is 0 Å². The lowest BCUT2D eigenvalue weighted by atomic mass is 9.87. The quantitative estimate of drug-likeness (QED) is 0.252. The van der Waals surface area contributed by atoms with E-state index in [1.807, 2.05) is 12.1 Å². The number of ketones is 1. The summed E-state index contributed by atoms with van der Waals surface area (Å²) in [7, 11) is 3.12. The van der Waals surface area contributed by atoms with E-state index in [0.29, 0.717) is 45.3 Å². The summed E-state index contributed by atoms with van der Waals surface area (Å²) < 4.78 is 22.2. The topological polar surface area (TPSA) is 71.1 Å². The number of Topliss-reactive ketones (excluding diaryl/α,β-unsaturated/α-hetero) is 1. The van der Waals surface area contributed by atoms with Crippen LogP contribution in [0.25, 0.3) is 6.08 Å². The molecule has 0 spiro atoms. The Hall–Kier alpha value is -4.06. The summed E-state index contributed by atoms with van der Waals surface area (Å²) in [5, 5.41) is 0. The van der Waals surface area contributed by atoms with Crippen molar-refractivity contribution in [1.29, 1.82) is 0 Å². The SMILES string of the molecule is COc1ccc(/C=C2\Oc3c(ccc(OC(=O)c4ccc(C(C)(C)C)cc4)c3C)C2=O)c(OC)c1. The number of carbonyl (C=O) groups is 2. The molecule has 0 aromatic heterocycles. The van der Waals surface area contributed by atoms with E-state index in [2.05, 4.69) is 20.8 Å². The highest BCUT2D eigenvalue weighted by atomic mass is 16.5. The van der Waals surface area contributed by atoms with Crippen LogP contribution in [-0.4, -0.2) is 26.0 Å². The number of carbonyl (C=O) groups excluding carboxylic acids is 2. The molecular formula is C29H28O6. The number of esters is 1. The normalized spacial score (nSPS) is 13.9. The summed E-state index contributed by atoms with van der Waals surface area (Å²) in [6, 6.07) is 15.9. The van der Waals surface area contributed by atoms with E-state index in [-0.39, 0.29) is 17.0 Å². The molecular weight excluding hydrogens is 444 g/mol. The first-order valence-electron chi connectivity index (χ1n) is 11.2. The van der Waals surface area contributed by atoms with Crippen LogP contribution in [0.4, 0.5) is 0 Å². The monoisotopic (exact) mass is 472 g/mol. The minimum absolute atomic E-state index is 0.00998. The van der Waals surface area contributed by atoms with Crippen LogP contribution in [0.15, 0.2) is 60.4 Å². The van der Waals surface area contributed by atoms with Gasteiger partial charge in [0.15, 0.2) is 5.76 Å². The molecule has 0 bridgehead atoms. The molecule has 0 atom stereocenters. The van der Waals surface area contributed by atoms with Gasteiger partial charge in [-0.3, -0.25) is 4.79 Å². The molecule has 0 N–H and O–H groups in total. The number of benzene rings is 3. The van der Waals surface area contributed by atoms with Crippen LogP contribution in [0, 0.1) is 6.92 Å². The predicted molar refractivity (Wildman–Crippen MR) is 134 cm³/mol. The van der Waals surface area contributed by atoms with E-state index >= 15 is 0 Å². The van der Waals surface area contributed by atoms with Crippen LogP contribution in [0.2, 0.25) is 0 Å². The van der Waals surface area contributed by atoms with Gasteiger partial charge in [0.1, 0.15) is 23.0 Å². The molecule has 3 aromatic carbocycles.